The first-order valence-electron chi connectivity index (χ1n) is 12.8. The Kier molecular flexibility index (Phi) is 9.95. The van der Waals surface area contributed by atoms with Gasteiger partial charge >= 0.3 is 18.2 Å². The van der Waals surface area contributed by atoms with E-state index >= 15 is 0 Å². The summed E-state index contributed by atoms with van der Waals surface area (Å²) in [6.45, 7) is -0.407. The molecule has 4 rings (SSSR count). The van der Waals surface area contributed by atoms with E-state index in [-0.39, 0.29) is 29.8 Å². The fourth-order valence-electron chi connectivity index (χ4n) is 3.92. The van der Waals surface area contributed by atoms with E-state index in [1.54, 1.807) is 12.1 Å². The van der Waals surface area contributed by atoms with E-state index in [1.807, 2.05) is 30.3 Å². The van der Waals surface area contributed by atoms with E-state index in [2.05, 4.69) is 25.6 Å². The predicted octanol–water partition coefficient (Wildman–Crippen LogP) is 5.47. The van der Waals surface area contributed by atoms with Gasteiger partial charge in [0.25, 0.3) is 0 Å². The summed E-state index contributed by atoms with van der Waals surface area (Å²) in [5.41, 5.74) is 1.53. The van der Waals surface area contributed by atoms with Crippen molar-refractivity contribution in [2.45, 2.75) is 37.9 Å². The lowest BCUT2D eigenvalue weighted by molar-refractivity contribution is -0.154. The van der Waals surface area contributed by atoms with Gasteiger partial charge in [-0.15, -0.1) is 0 Å². The van der Waals surface area contributed by atoms with Crippen LogP contribution in [0.25, 0.3) is 0 Å². The van der Waals surface area contributed by atoms with Gasteiger partial charge < -0.3 is 29.6 Å². The fourth-order valence-corrected chi connectivity index (χ4v) is 3.92. The number of hydrogen-bond acceptors (Lipinski definition) is 10. The summed E-state index contributed by atoms with van der Waals surface area (Å²) in [5, 5.41) is 6.08. The minimum atomic E-state index is -4.59. The topological polar surface area (TPSA) is 117 Å². The van der Waals surface area contributed by atoms with Gasteiger partial charge in [-0.25, -0.2) is 4.79 Å². The van der Waals surface area contributed by atoms with E-state index < -0.39 is 30.8 Å². The zero-order chi connectivity index (χ0) is 28.4. The van der Waals surface area contributed by atoms with Crippen LogP contribution in [0.1, 0.15) is 47.6 Å². The molecular weight excluding hydrogens is 531 g/mol. The number of anilines is 3. The van der Waals surface area contributed by atoms with Crippen LogP contribution in [0.5, 0.6) is 11.8 Å². The van der Waals surface area contributed by atoms with Gasteiger partial charge in [0, 0.05) is 18.4 Å². The maximum absolute atomic E-state index is 12.9. The average molecular weight is 562 g/mol. The molecule has 0 amide bonds. The lowest BCUT2D eigenvalue weighted by Crippen LogP contribution is -2.22. The molecule has 1 aliphatic rings. The molecule has 0 radical (unpaired) electrons. The Morgan fingerprint density at radius 2 is 1.75 bits per heavy atom. The van der Waals surface area contributed by atoms with Gasteiger partial charge in [0.15, 0.2) is 6.61 Å². The van der Waals surface area contributed by atoms with Crippen LogP contribution in [0, 0.1) is 0 Å². The molecule has 4 bridgehead atoms. The molecule has 0 fully saturated rings. The van der Waals surface area contributed by atoms with Crippen LogP contribution in [0.2, 0.25) is 0 Å². The molecule has 2 aromatic carbocycles. The third-order valence-corrected chi connectivity index (χ3v) is 5.85. The number of nitrogens with zero attached hydrogens (tertiary/aromatic N) is 3. The molecule has 13 heteroatoms. The number of aromatic nitrogens is 3. The van der Waals surface area contributed by atoms with Crippen molar-refractivity contribution in [2.24, 2.45) is 0 Å². The first-order valence-corrected chi connectivity index (χ1v) is 12.8. The van der Waals surface area contributed by atoms with Gasteiger partial charge in [0.2, 0.25) is 11.9 Å². The van der Waals surface area contributed by atoms with Crippen molar-refractivity contribution in [3.8, 4) is 11.8 Å². The number of hydrogen-bond donors (Lipinski definition) is 2. The number of rotatable bonds is 4. The molecule has 1 atom stereocenters. The zero-order valence-corrected chi connectivity index (χ0v) is 21.9. The van der Waals surface area contributed by atoms with Crippen LogP contribution in [0.15, 0.2) is 48.5 Å². The standard InChI is InChI=1S/C27H30F3N5O5/c1-37-23(36)20-12-11-19-15-22(20)39-14-8-3-2-7-13-38-16-21(18-9-5-4-6-10-18)32-25-33-24(31-19)34-26(35-25)40-17-27(28,29)30/h4-6,9-12,15,21H,2-3,7-8,13-14,16-17H2,1H3,(H2,31,32,33,34,35). The molecule has 0 saturated carbocycles. The molecule has 40 heavy (non-hydrogen) atoms. The van der Waals surface area contributed by atoms with E-state index in [0.29, 0.717) is 18.9 Å². The van der Waals surface area contributed by atoms with Gasteiger partial charge in [-0.1, -0.05) is 36.8 Å². The second-order valence-electron chi connectivity index (χ2n) is 8.94. The van der Waals surface area contributed by atoms with E-state index in [1.165, 1.54) is 13.2 Å². The van der Waals surface area contributed by atoms with Crippen LogP contribution in [0.4, 0.5) is 30.8 Å². The number of carbonyl (C=O) groups is 1. The van der Waals surface area contributed by atoms with Gasteiger partial charge in [-0.05, 0) is 37.0 Å². The molecule has 3 aromatic rings. The van der Waals surface area contributed by atoms with Crippen molar-refractivity contribution in [3.05, 3.63) is 59.7 Å². The number of nitrogens with one attached hydrogen (secondary N) is 2. The highest BCUT2D eigenvalue weighted by Gasteiger charge is 2.29. The van der Waals surface area contributed by atoms with Crippen molar-refractivity contribution in [1.29, 1.82) is 0 Å². The van der Waals surface area contributed by atoms with Crippen molar-refractivity contribution in [3.63, 3.8) is 0 Å². The summed E-state index contributed by atoms with van der Waals surface area (Å²) >= 11 is 0. The lowest BCUT2D eigenvalue weighted by atomic mass is 10.1. The summed E-state index contributed by atoms with van der Waals surface area (Å²) in [6.07, 6.45) is -1.15. The third-order valence-electron chi connectivity index (χ3n) is 5.85. The second kappa shape index (κ2) is 13.8. The molecular formula is C27H30F3N5O5. The number of methoxy groups -OCH3 is 1. The molecule has 2 heterocycles. The smallest absolute Gasteiger partial charge is 0.422 e. The third kappa shape index (κ3) is 8.70. The van der Waals surface area contributed by atoms with Gasteiger partial charge in [-0.3, -0.25) is 0 Å². The summed E-state index contributed by atoms with van der Waals surface area (Å²) < 4.78 is 60.1. The number of halogens is 3. The summed E-state index contributed by atoms with van der Waals surface area (Å²) in [6, 6.07) is 13.2. The van der Waals surface area contributed by atoms with Gasteiger partial charge in [-0.2, -0.15) is 28.1 Å². The van der Waals surface area contributed by atoms with Crippen LogP contribution in [-0.4, -0.2) is 60.6 Å². The Morgan fingerprint density at radius 3 is 2.50 bits per heavy atom. The lowest BCUT2D eigenvalue weighted by Gasteiger charge is -2.20. The number of fused-ring (bicyclic) bond motifs is 4. The van der Waals surface area contributed by atoms with Gasteiger partial charge in [0.1, 0.15) is 11.3 Å². The second-order valence-corrected chi connectivity index (χ2v) is 8.94. The van der Waals surface area contributed by atoms with Crippen LogP contribution >= 0.6 is 0 Å². The van der Waals surface area contributed by atoms with Crippen LogP contribution in [-0.2, 0) is 9.47 Å². The first kappa shape index (κ1) is 28.9. The maximum atomic E-state index is 12.9. The molecule has 1 aromatic heterocycles. The number of esters is 1. The molecule has 10 nitrogen and oxygen atoms in total. The number of ether oxygens (including phenoxy) is 4. The quantitative estimate of drug-likeness (QED) is 0.398. The van der Waals surface area contributed by atoms with Crippen molar-refractivity contribution in [1.82, 2.24) is 15.0 Å². The van der Waals surface area contributed by atoms with Crippen LogP contribution < -0.4 is 20.1 Å². The summed E-state index contributed by atoms with van der Waals surface area (Å²) in [4.78, 5) is 24.7. The SMILES string of the molecule is COC(=O)c1ccc2cc1OCCCCCCOCC(c1ccccc1)Nc1nc(nc(OCC(F)(F)F)n1)N2. The summed E-state index contributed by atoms with van der Waals surface area (Å²) in [7, 11) is 1.27. The average Bonchev–Trinajstić information content (AvgIpc) is 2.94. The van der Waals surface area contributed by atoms with E-state index in [4.69, 9.17) is 18.9 Å². The maximum Gasteiger partial charge on any atom is 0.422 e. The highest BCUT2D eigenvalue weighted by Crippen LogP contribution is 2.28. The molecule has 1 unspecified atom stereocenters. The first-order chi connectivity index (χ1) is 19.3. The normalized spacial score (nSPS) is 16.8. The number of alkyl halides is 3. The van der Waals surface area contributed by atoms with Crippen LogP contribution in [0.3, 0.4) is 0 Å². The minimum absolute atomic E-state index is 0.0177. The largest absolute Gasteiger partial charge is 0.493 e. The summed E-state index contributed by atoms with van der Waals surface area (Å²) in [5.74, 6) is -0.384. The molecule has 0 aliphatic carbocycles. The zero-order valence-electron chi connectivity index (χ0n) is 21.9. The van der Waals surface area contributed by atoms with Crippen molar-refractivity contribution < 1.29 is 36.9 Å². The predicted molar refractivity (Wildman–Crippen MR) is 140 cm³/mol. The number of benzene rings is 2. The van der Waals surface area contributed by atoms with E-state index in [9.17, 15) is 18.0 Å². The van der Waals surface area contributed by atoms with Gasteiger partial charge in [0.05, 0.1) is 26.4 Å². The Bertz CT molecular complexity index is 1260. The fraction of sp³-hybridized carbons (Fsp3) is 0.407. The van der Waals surface area contributed by atoms with Crippen molar-refractivity contribution >= 4 is 23.6 Å². The molecule has 214 valence electrons. The van der Waals surface area contributed by atoms with Crippen molar-refractivity contribution in [2.75, 3.05) is 44.2 Å². The van der Waals surface area contributed by atoms with E-state index in [0.717, 1.165) is 31.2 Å². The Hall–Kier alpha value is -4.13. The Balaban J connectivity index is 1.70. The Morgan fingerprint density at radius 1 is 1.00 bits per heavy atom. The monoisotopic (exact) mass is 561 g/mol. The highest BCUT2D eigenvalue weighted by molar-refractivity contribution is 5.93. The Labute approximate surface area is 229 Å². The highest BCUT2D eigenvalue weighted by atomic mass is 19.4. The molecule has 0 saturated heterocycles. The number of carbonyl (C=O) groups excluding carboxylic acids is 1. The molecule has 0 spiro atoms. The molecule has 1 aliphatic heterocycles. The molecule has 2 N–H and O–H groups in total. The minimum Gasteiger partial charge on any atom is -0.493 e.